The van der Waals surface area contributed by atoms with Crippen molar-refractivity contribution in [3.8, 4) is 0 Å². The molecule has 1 saturated heterocycles. The number of likely N-dealkylation sites (tertiary alicyclic amines) is 1. The Hall–Kier alpha value is -0.300. The molecule has 0 aromatic rings. The molecule has 2 fully saturated rings. The normalized spacial score (nSPS) is 25.3. The van der Waals surface area contributed by atoms with Gasteiger partial charge in [0, 0.05) is 6.54 Å². The fourth-order valence-electron chi connectivity index (χ4n) is 3.04. The van der Waals surface area contributed by atoms with Crippen molar-refractivity contribution in [2.45, 2.75) is 51.4 Å². The third-order valence-corrected chi connectivity index (χ3v) is 4.06. The van der Waals surface area contributed by atoms with E-state index in [-0.39, 0.29) is 0 Å². The molecule has 0 atom stereocenters. The van der Waals surface area contributed by atoms with Gasteiger partial charge in [-0.15, -0.1) is 0 Å². The van der Waals surface area contributed by atoms with Gasteiger partial charge in [0.1, 0.15) is 0 Å². The van der Waals surface area contributed by atoms with E-state index in [0.29, 0.717) is 0 Å². The lowest BCUT2D eigenvalue weighted by Gasteiger charge is -2.31. The molecule has 86 valence electrons. The van der Waals surface area contributed by atoms with Crippen LogP contribution >= 0.6 is 0 Å². The summed E-state index contributed by atoms with van der Waals surface area (Å²) in [5.41, 5.74) is 1.52. The molecule has 0 aromatic heterocycles. The van der Waals surface area contributed by atoms with Crippen LogP contribution in [0.15, 0.2) is 12.2 Å². The molecular formula is C14H25N. The molecule has 1 nitrogen and oxygen atoms in total. The van der Waals surface area contributed by atoms with Gasteiger partial charge in [-0.2, -0.15) is 0 Å². The molecule has 0 amide bonds. The van der Waals surface area contributed by atoms with E-state index in [4.69, 9.17) is 0 Å². The van der Waals surface area contributed by atoms with E-state index in [9.17, 15) is 0 Å². The second kappa shape index (κ2) is 5.69. The molecule has 0 unspecified atom stereocenters. The fraction of sp³-hybridized carbons (Fsp3) is 0.857. The standard InChI is InChI=1S/C14H25N/c1-13(14-8-4-2-5-9-14)12-15-10-6-3-7-11-15/h14H,1-12H2. The van der Waals surface area contributed by atoms with Crippen molar-refractivity contribution in [2.24, 2.45) is 5.92 Å². The van der Waals surface area contributed by atoms with Gasteiger partial charge in [-0.3, -0.25) is 4.90 Å². The summed E-state index contributed by atoms with van der Waals surface area (Å²) in [6.07, 6.45) is 11.4. The van der Waals surface area contributed by atoms with Crippen LogP contribution in [-0.2, 0) is 0 Å². The average Bonchev–Trinajstić information content (AvgIpc) is 2.31. The molecule has 1 aliphatic carbocycles. The zero-order valence-electron chi connectivity index (χ0n) is 10.0. The quantitative estimate of drug-likeness (QED) is 0.639. The van der Waals surface area contributed by atoms with E-state index in [1.165, 1.54) is 76.6 Å². The highest BCUT2D eigenvalue weighted by atomic mass is 15.1. The van der Waals surface area contributed by atoms with E-state index in [2.05, 4.69) is 11.5 Å². The van der Waals surface area contributed by atoms with Crippen LogP contribution in [0.3, 0.4) is 0 Å². The lowest BCUT2D eigenvalue weighted by molar-refractivity contribution is 0.235. The molecule has 0 spiro atoms. The van der Waals surface area contributed by atoms with E-state index in [0.717, 1.165) is 5.92 Å². The Morgan fingerprint density at radius 2 is 1.53 bits per heavy atom. The molecule has 15 heavy (non-hydrogen) atoms. The minimum absolute atomic E-state index is 0.848. The van der Waals surface area contributed by atoms with Crippen molar-refractivity contribution in [2.75, 3.05) is 19.6 Å². The largest absolute Gasteiger partial charge is 0.299 e. The van der Waals surface area contributed by atoms with Crippen molar-refractivity contribution in [3.63, 3.8) is 0 Å². The summed E-state index contributed by atoms with van der Waals surface area (Å²) >= 11 is 0. The highest BCUT2D eigenvalue weighted by molar-refractivity contribution is 5.04. The Morgan fingerprint density at radius 3 is 2.20 bits per heavy atom. The van der Waals surface area contributed by atoms with Crippen LogP contribution in [0.1, 0.15) is 51.4 Å². The summed E-state index contributed by atoms with van der Waals surface area (Å²) in [6.45, 7) is 8.14. The molecule has 0 bridgehead atoms. The predicted octanol–water partition coefficient (Wildman–Crippen LogP) is 3.61. The smallest absolute Gasteiger partial charge is 0.0192 e. The van der Waals surface area contributed by atoms with Crippen LogP contribution in [0.25, 0.3) is 0 Å². The summed E-state index contributed by atoms with van der Waals surface area (Å²) in [7, 11) is 0. The topological polar surface area (TPSA) is 3.24 Å². The Balaban J connectivity index is 1.74. The second-order valence-corrected chi connectivity index (χ2v) is 5.33. The summed E-state index contributed by atoms with van der Waals surface area (Å²) in [5, 5.41) is 0. The van der Waals surface area contributed by atoms with Gasteiger partial charge >= 0.3 is 0 Å². The second-order valence-electron chi connectivity index (χ2n) is 5.33. The van der Waals surface area contributed by atoms with Crippen molar-refractivity contribution >= 4 is 0 Å². The van der Waals surface area contributed by atoms with Crippen molar-refractivity contribution in [1.29, 1.82) is 0 Å². The van der Waals surface area contributed by atoms with Crippen LogP contribution < -0.4 is 0 Å². The fourth-order valence-corrected chi connectivity index (χ4v) is 3.04. The van der Waals surface area contributed by atoms with Crippen LogP contribution in [0.4, 0.5) is 0 Å². The zero-order valence-corrected chi connectivity index (χ0v) is 10.0. The number of nitrogens with zero attached hydrogens (tertiary/aromatic N) is 1. The first-order chi connectivity index (χ1) is 7.36. The predicted molar refractivity (Wildman–Crippen MR) is 66.0 cm³/mol. The molecule has 0 radical (unpaired) electrons. The van der Waals surface area contributed by atoms with Gasteiger partial charge in [0.25, 0.3) is 0 Å². The minimum atomic E-state index is 0.848. The molecule has 0 N–H and O–H groups in total. The lowest BCUT2D eigenvalue weighted by Crippen LogP contribution is -2.32. The number of rotatable bonds is 3. The van der Waals surface area contributed by atoms with Crippen molar-refractivity contribution in [3.05, 3.63) is 12.2 Å². The Bertz CT molecular complexity index is 197. The number of hydrogen-bond acceptors (Lipinski definition) is 1. The third kappa shape index (κ3) is 3.34. The van der Waals surface area contributed by atoms with E-state index >= 15 is 0 Å². The first-order valence-corrected chi connectivity index (χ1v) is 6.76. The molecule has 1 saturated carbocycles. The zero-order chi connectivity index (χ0) is 10.5. The first-order valence-electron chi connectivity index (χ1n) is 6.76. The third-order valence-electron chi connectivity index (χ3n) is 4.06. The van der Waals surface area contributed by atoms with Crippen LogP contribution in [0.5, 0.6) is 0 Å². The minimum Gasteiger partial charge on any atom is -0.299 e. The molecule has 1 heterocycles. The molecule has 2 aliphatic rings. The van der Waals surface area contributed by atoms with Gasteiger partial charge in [-0.25, -0.2) is 0 Å². The van der Waals surface area contributed by atoms with Crippen molar-refractivity contribution in [1.82, 2.24) is 4.90 Å². The first kappa shape index (κ1) is 11.2. The van der Waals surface area contributed by atoms with Gasteiger partial charge in [0.15, 0.2) is 0 Å². The summed E-state index contributed by atoms with van der Waals surface area (Å²) in [5.74, 6) is 0.848. The SMILES string of the molecule is C=C(CN1CCCCC1)C1CCCCC1. The summed E-state index contributed by atoms with van der Waals surface area (Å²) < 4.78 is 0. The Labute approximate surface area is 94.5 Å². The van der Waals surface area contributed by atoms with Gasteiger partial charge in [-0.1, -0.05) is 37.8 Å². The number of hydrogen-bond donors (Lipinski definition) is 0. The van der Waals surface area contributed by atoms with E-state index < -0.39 is 0 Å². The monoisotopic (exact) mass is 207 g/mol. The maximum atomic E-state index is 4.33. The van der Waals surface area contributed by atoms with Gasteiger partial charge < -0.3 is 0 Å². The Kier molecular flexibility index (Phi) is 4.25. The molecule has 1 aliphatic heterocycles. The molecule has 1 heteroatoms. The van der Waals surface area contributed by atoms with Crippen LogP contribution in [0.2, 0.25) is 0 Å². The highest BCUT2D eigenvalue weighted by Gasteiger charge is 2.19. The maximum absolute atomic E-state index is 4.33. The molecule has 0 aromatic carbocycles. The van der Waals surface area contributed by atoms with E-state index in [1.807, 2.05) is 0 Å². The average molecular weight is 207 g/mol. The van der Waals surface area contributed by atoms with Gasteiger partial charge in [-0.05, 0) is 44.7 Å². The van der Waals surface area contributed by atoms with Crippen LogP contribution in [-0.4, -0.2) is 24.5 Å². The maximum Gasteiger partial charge on any atom is 0.0192 e. The molecule has 2 rings (SSSR count). The van der Waals surface area contributed by atoms with Crippen molar-refractivity contribution < 1.29 is 0 Å². The van der Waals surface area contributed by atoms with Gasteiger partial charge in [0.2, 0.25) is 0 Å². The van der Waals surface area contributed by atoms with Crippen LogP contribution in [0, 0.1) is 5.92 Å². The van der Waals surface area contributed by atoms with E-state index in [1.54, 1.807) is 0 Å². The summed E-state index contributed by atoms with van der Waals surface area (Å²) in [6, 6.07) is 0. The highest BCUT2D eigenvalue weighted by Crippen LogP contribution is 2.29. The Morgan fingerprint density at radius 1 is 0.933 bits per heavy atom. The van der Waals surface area contributed by atoms with Gasteiger partial charge in [0.05, 0.1) is 0 Å². The lowest BCUT2D eigenvalue weighted by atomic mass is 9.84. The number of piperidine rings is 1. The summed E-state index contributed by atoms with van der Waals surface area (Å²) in [4.78, 5) is 2.61. The molecular weight excluding hydrogens is 182 g/mol.